The van der Waals surface area contributed by atoms with Crippen LogP contribution in [0.5, 0.6) is 0 Å². The number of sulfone groups is 1. The molecule has 8 aliphatic carbocycles. The number of piperidine rings is 2. The molecule has 16 atom stereocenters. The van der Waals surface area contributed by atoms with Crippen LogP contribution in [0.25, 0.3) is 0 Å². The highest BCUT2D eigenvalue weighted by Gasteiger charge is 2.71. The molecule has 11 fully saturated rings. The average Bonchev–Trinajstić information content (AvgIpc) is 1.53. The number of hydrogen-bond donors (Lipinski definition) is 12. The molecule has 15 amide bonds. The molecule has 3 saturated heterocycles. The van der Waals surface area contributed by atoms with Crippen molar-refractivity contribution in [2.75, 3.05) is 31.6 Å². The summed E-state index contributed by atoms with van der Waals surface area (Å²) in [4.78, 5) is 225. The van der Waals surface area contributed by atoms with Crippen molar-refractivity contribution in [1.82, 2.24) is 83.2 Å². The lowest BCUT2D eigenvalue weighted by Crippen LogP contribution is -2.63. The Hall–Kier alpha value is -9.25. The predicted octanol–water partition coefficient (Wildman–Crippen LogP) is 5.58. The fourth-order valence-electron chi connectivity index (χ4n) is 20.9. The van der Waals surface area contributed by atoms with Crippen molar-refractivity contribution in [3.05, 3.63) is 24.3 Å². The Morgan fingerprint density at radius 2 is 1.02 bits per heavy atom. The summed E-state index contributed by atoms with van der Waals surface area (Å²) in [5, 5.41) is 31.0. The minimum atomic E-state index is -3.39. The van der Waals surface area contributed by atoms with Crippen LogP contribution in [0, 0.1) is 69.0 Å². The SMILES string of the molecule is CC(C)(C)NC(=O)NC(C(=O)N1CC2C([C@H]1C(=O)NC(CC1CCC1)C(=O)C(N)=O)C2(C)C)C(C)(C)C.CCCCC(NC(=O)[C@@H]1C2C(CN1C(=O)C(NC(=O)NC1(CS(C)(=O)=O)CCCCC1)C(C)(C)C)C2(C)C)C(=O)C(=O)NC1CC1.CCC[C@H](NC(=O)[C@@H]1[C@H]2CCC[C@H]2CN1C(=O)[C@H](C)NC(=O)[C@@H](NC(=O)c1cnccn1)C1CCCCC1)C(=O)C(=O)NC1CC1. The van der Waals surface area contributed by atoms with Crippen molar-refractivity contribution >= 4 is 104 Å². The van der Waals surface area contributed by atoms with Gasteiger partial charge in [-0.25, -0.2) is 23.0 Å². The van der Waals surface area contributed by atoms with Gasteiger partial charge < -0.3 is 78.9 Å². The summed E-state index contributed by atoms with van der Waals surface area (Å²) in [6.07, 6.45) is 25.4. The van der Waals surface area contributed by atoms with Gasteiger partial charge in [-0.1, -0.05) is 167 Å². The zero-order valence-corrected chi connectivity index (χ0v) is 79.9. The second-order valence-electron chi connectivity index (χ2n) is 43.3. The molecular weight excluding hydrogens is 1680 g/mol. The fraction of sp³-hybridized carbons (Fsp3) is 0.785. The lowest BCUT2D eigenvalue weighted by Gasteiger charge is -2.40. The van der Waals surface area contributed by atoms with E-state index in [4.69, 9.17) is 5.73 Å². The van der Waals surface area contributed by atoms with Crippen LogP contribution in [-0.2, 0) is 72.2 Å². The molecule has 35 nitrogen and oxygen atoms in total. The Bertz CT molecular complexity index is 4440. The number of amides is 15. The van der Waals surface area contributed by atoms with E-state index in [1.54, 1.807) is 16.7 Å². The maximum Gasteiger partial charge on any atom is 0.315 e. The molecule has 1 aromatic heterocycles. The van der Waals surface area contributed by atoms with Gasteiger partial charge >= 0.3 is 12.1 Å². The molecule has 1 aromatic rings. The second-order valence-corrected chi connectivity index (χ2v) is 45.4. The van der Waals surface area contributed by atoms with Crippen LogP contribution in [-0.4, -0.2) is 243 Å². The van der Waals surface area contributed by atoms with E-state index in [-0.39, 0.29) is 87.6 Å². The molecule has 0 spiro atoms. The minimum absolute atomic E-state index is 0.00772. The third-order valence-electron chi connectivity index (χ3n) is 28.8. The Morgan fingerprint density at radius 3 is 1.47 bits per heavy atom. The molecule has 0 radical (unpaired) electrons. The van der Waals surface area contributed by atoms with Crippen LogP contribution in [0.3, 0.4) is 0 Å². The summed E-state index contributed by atoms with van der Waals surface area (Å²) >= 11 is 0. The normalized spacial score (nSPS) is 25.7. The third-order valence-corrected chi connectivity index (χ3v) is 29.9. The lowest BCUT2D eigenvalue weighted by molar-refractivity contribution is -0.145. The molecule has 4 heterocycles. The van der Waals surface area contributed by atoms with E-state index in [9.17, 15) is 85.1 Å². The van der Waals surface area contributed by atoms with E-state index in [2.05, 4.69) is 96.1 Å². The zero-order chi connectivity index (χ0) is 95.1. The second kappa shape index (κ2) is 41.7. The van der Waals surface area contributed by atoms with Gasteiger partial charge in [0.15, 0.2) is 0 Å². The number of Topliss-reactive ketones (excluding diaryl/α,β-unsaturated/α-hetero) is 3. The van der Waals surface area contributed by atoms with Gasteiger partial charge in [-0.3, -0.25) is 72.1 Å². The average molecular weight is 1820 g/mol. The number of unbranched alkanes of at least 4 members (excludes halogenated alkanes) is 1. The Labute approximate surface area is 760 Å². The molecule has 13 N–H and O–H groups in total. The molecule has 36 heteroatoms. The first-order chi connectivity index (χ1) is 60.3. The molecule has 3 aliphatic heterocycles. The number of urea groups is 2. The van der Waals surface area contributed by atoms with Gasteiger partial charge in [-0.05, 0) is 180 Å². The van der Waals surface area contributed by atoms with Gasteiger partial charge in [0.2, 0.25) is 58.7 Å². The molecule has 129 heavy (non-hydrogen) atoms. The summed E-state index contributed by atoms with van der Waals surface area (Å²) in [7, 11) is -3.39. The predicted molar refractivity (Wildman–Crippen MR) is 480 cm³/mol. The number of rotatable bonds is 34. The fourth-order valence-corrected chi connectivity index (χ4v) is 22.3. The smallest absolute Gasteiger partial charge is 0.315 e. The molecule has 8 unspecified atom stereocenters. The summed E-state index contributed by atoms with van der Waals surface area (Å²) in [6, 6.07) is -10.2. The van der Waals surface area contributed by atoms with Crippen molar-refractivity contribution in [1.29, 1.82) is 0 Å². The minimum Gasteiger partial charge on any atom is -0.363 e. The Kier molecular flexibility index (Phi) is 32.9. The number of nitrogens with zero attached hydrogens (tertiary/aromatic N) is 5. The van der Waals surface area contributed by atoms with E-state index in [0.717, 1.165) is 128 Å². The first-order valence-corrected chi connectivity index (χ1v) is 49.5. The van der Waals surface area contributed by atoms with Gasteiger partial charge in [-0.15, -0.1) is 0 Å². The molecule has 0 bridgehead atoms. The Balaban J connectivity index is 0.000000203. The van der Waals surface area contributed by atoms with Crippen molar-refractivity contribution in [2.24, 2.45) is 74.7 Å². The number of aromatic nitrogens is 2. The first kappa shape index (κ1) is 102. The van der Waals surface area contributed by atoms with Crippen LogP contribution in [0.15, 0.2) is 18.6 Å². The molecule has 11 aliphatic rings. The first-order valence-electron chi connectivity index (χ1n) is 47.4. The number of primary amides is 1. The summed E-state index contributed by atoms with van der Waals surface area (Å²) in [5.74, 6) is -7.99. The number of likely N-dealkylation sites (tertiary alicyclic amines) is 3. The van der Waals surface area contributed by atoms with Crippen LogP contribution in [0.4, 0.5) is 9.59 Å². The quantitative estimate of drug-likeness (QED) is 0.0374. The highest BCUT2D eigenvalue weighted by Crippen LogP contribution is 2.66. The van der Waals surface area contributed by atoms with Gasteiger partial charge in [0, 0.05) is 55.9 Å². The molecule has 0 aromatic carbocycles. The number of carbonyl (C=O) groups is 16. The monoisotopic (exact) mass is 1820 g/mol. The Morgan fingerprint density at radius 1 is 0.527 bits per heavy atom. The van der Waals surface area contributed by atoms with Crippen molar-refractivity contribution in [2.45, 2.75) is 361 Å². The maximum absolute atomic E-state index is 14.3. The molecule has 12 rings (SSSR count). The largest absolute Gasteiger partial charge is 0.363 e. The van der Waals surface area contributed by atoms with E-state index in [1.165, 1.54) is 23.5 Å². The van der Waals surface area contributed by atoms with Gasteiger partial charge in [-0.2, -0.15) is 0 Å². The van der Waals surface area contributed by atoms with E-state index in [0.29, 0.717) is 64.6 Å². The molecule has 718 valence electrons. The highest BCUT2D eigenvalue weighted by atomic mass is 32.2. The van der Waals surface area contributed by atoms with E-state index >= 15 is 0 Å². The van der Waals surface area contributed by atoms with Gasteiger partial charge in [0.25, 0.3) is 23.6 Å². The van der Waals surface area contributed by atoms with E-state index in [1.807, 2.05) is 76.2 Å². The van der Waals surface area contributed by atoms with Crippen LogP contribution >= 0.6 is 0 Å². The zero-order valence-electron chi connectivity index (χ0n) is 79.1. The van der Waals surface area contributed by atoms with Crippen molar-refractivity contribution < 1.29 is 85.1 Å². The van der Waals surface area contributed by atoms with E-state index < -0.39 is 181 Å². The topological polar surface area (TPSA) is 501 Å². The van der Waals surface area contributed by atoms with Gasteiger partial charge in [0.05, 0.1) is 35.6 Å². The van der Waals surface area contributed by atoms with Crippen molar-refractivity contribution in [3.8, 4) is 0 Å². The number of fused-ring (bicyclic) bond motifs is 3. The van der Waals surface area contributed by atoms with Crippen molar-refractivity contribution in [3.63, 3.8) is 0 Å². The number of nitrogens with one attached hydrogen (secondary N) is 11. The standard InChI is InChI=1S/C33H47N7O6.C33H55N5O7S.C27H45N5O5/c1-3-8-24(28(41)32(45)37-22-13-14-22)38-31(44)27-23-12-7-11-21(23)18-40(27)33(46)19(2)36-30(43)26(20-9-5-4-6-10-20)39-29(42)25-17-34-15-16-35-25;1-8-9-13-22(25(39)28(41)34-20-14-15-20)35-27(40)24-23-21(32(23,5)6)18-38(24)29(42)26(31(2,3)4)36-30(43)37-33(19-46(7,44)45)16-11-10-12-17-33;1-25(2,3)20(30-24(37)31-26(4,5)6)23(36)32-13-15-17(27(15,7)8)18(32)22(35)29-16(19(33)21(28)34)12-14-10-9-11-14/h15-17,19-24,26-27H,3-14,18H2,1-2H3,(H,36,43)(H,37,45)(H,38,44)(H,39,42);20-24,26H,8-19H2,1-7H3,(H,34,41)(H,35,40)(H2,36,37,43);14-18,20H,9-13H2,1-8H3,(H2,28,34)(H,29,35)(H2,30,31,37)/t19-,21-,23-,24-,26-,27-;21?,22?,23?,24-,26?;15?,16?,17?,18-,20?/m000/s1. The number of hydrogen-bond acceptors (Lipinski definition) is 20. The number of ketones is 3. The number of nitrogens with two attached hydrogens (primary N) is 1. The molecular formula is C93H147N17O18S. The number of carbonyl (C=O) groups excluding carboxylic acids is 16. The molecule has 8 saturated carbocycles. The third kappa shape index (κ3) is 25.9. The van der Waals surface area contributed by atoms with Crippen LogP contribution in [0.2, 0.25) is 0 Å². The lowest BCUT2D eigenvalue weighted by atomic mass is 9.80. The van der Waals surface area contributed by atoms with Gasteiger partial charge in [0.1, 0.15) is 57.8 Å². The van der Waals surface area contributed by atoms with Crippen LogP contribution < -0.4 is 64.2 Å². The summed E-state index contributed by atoms with van der Waals surface area (Å²) in [5.41, 5.74) is 2.30. The summed E-state index contributed by atoms with van der Waals surface area (Å²) < 4.78 is 24.6. The summed E-state index contributed by atoms with van der Waals surface area (Å²) in [6.45, 7) is 31.4. The maximum atomic E-state index is 14.3. The highest BCUT2D eigenvalue weighted by molar-refractivity contribution is 7.90. The van der Waals surface area contributed by atoms with Crippen LogP contribution in [0.1, 0.15) is 288 Å².